The second kappa shape index (κ2) is 19.0. The van der Waals surface area contributed by atoms with Crippen molar-refractivity contribution >= 4 is 17.7 Å². The summed E-state index contributed by atoms with van der Waals surface area (Å²) in [6.07, 6.45) is 6.63. The highest BCUT2D eigenvalue weighted by atomic mass is 16.5. The fourth-order valence-corrected chi connectivity index (χ4v) is 8.49. The average molecular weight is 810 g/mol. The molecule has 1 saturated heterocycles. The van der Waals surface area contributed by atoms with Gasteiger partial charge < -0.3 is 29.1 Å². The van der Waals surface area contributed by atoms with E-state index in [0.717, 1.165) is 73.8 Å². The highest BCUT2D eigenvalue weighted by Gasteiger charge is 2.30. The van der Waals surface area contributed by atoms with Crippen molar-refractivity contribution in [3.05, 3.63) is 142 Å². The molecule has 8 rings (SSSR count). The minimum atomic E-state index is -0.688. The third-order valence-electron chi connectivity index (χ3n) is 12.1. The standard InChI is InChI=1S/C49H55N5O6/c1-34(2)42-24-43(45(59-32-36-11-7-4-8-12-36)25-44(42)58-31-35-9-5-3-6-10-35)48(55)54-29-40-18-15-38(23-41(40)30-54)28-52-19-21-53(22-20-52)46-26-51-47(27-50-46)60-33-37-13-16-39(17-14-37)49(56)57/h3-12,15,18,23-27,34,37,39H,13-14,16-17,19-22,28-33H2,1-2H3,(H,56,57). The van der Waals surface area contributed by atoms with Crippen molar-refractivity contribution in [2.75, 3.05) is 37.7 Å². The van der Waals surface area contributed by atoms with Crippen molar-refractivity contribution in [2.45, 2.75) is 78.3 Å². The van der Waals surface area contributed by atoms with E-state index in [4.69, 9.17) is 14.2 Å². The number of hydrogen-bond donors (Lipinski definition) is 1. The van der Waals surface area contributed by atoms with Crippen molar-refractivity contribution in [1.29, 1.82) is 0 Å². The SMILES string of the molecule is CC(C)c1cc(C(=O)N2Cc3ccc(CN4CCN(c5cnc(OCC6CCC(C(=O)O)CC6)cn5)CC4)cc3C2)c(OCc2ccccc2)cc1OCc1ccccc1. The number of carboxylic acids is 1. The van der Waals surface area contributed by atoms with Crippen LogP contribution in [-0.4, -0.2) is 69.5 Å². The van der Waals surface area contributed by atoms with Crippen LogP contribution in [0.4, 0.5) is 5.82 Å². The fraction of sp³-hybridized carbons (Fsp3) is 0.388. The maximum Gasteiger partial charge on any atom is 0.306 e. The zero-order chi connectivity index (χ0) is 41.4. The molecule has 0 bridgehead atoms. The Bertz CT molecular complexity index is 2220. The monoisotopic (exact) mass is 809 g/mol. The van der Waals surface area contributed by atoms with Crippen LogP contribution in [0.1, 0.15) is 89.2 Å². The molecule has 0 radical (unpaired) electrons. The van der Waals surface area contributed by atoms with Gasteiger partial charge in [0, 0.05) is 51.9 Å². The second-order valence-corrected chi connectivity index (χ2v) is 16.7. The van der Waals surface area contributed by atoms with Crippen LogP contribution < -0.4 is 19.1 Å². The summed E-state index contributed by atoms with van der Waals surface area (Å²) in [7, 11) is 0. The van der Waals surface area contributed by atoms with Crippen LogP contribution in [-0.2, 0) is 37.6 Å². The van der Waals surface area contributed by atoms with Gasteiger partial charge in [0.05, 0.1) is 30.5 Å². The van der Waals surface area contributed by atoms with E-state index in [1.54, 1.807) is 12.4 Å². The molecule has 0 unspecified atom stereocenters. The Morgan fingerprint density at radius 3 is 2.02 bits per heavy atom. The molecule has 0 spiro atoms. The van der Waals surface area contributed by atoms with E-state index in [0.29, 0.717) is 68.9 Å². The van der Waals surface area contributed by atoms with Crippen LogP contribution in [0.15, 0.2) is 103 Å². The van der Waals surface area contributed by atoms with Gasteiger partial charge in [0.15, 0.2) is 0 Å². The fourth-order valence-electron chi connectivity index (χ4n) is 8.49. The van der Waals surface area contributed by atoms with Gasteiger partial charge in [-0.25, -0.2) is 9.97 Å². The van der Waals surface area contributed by atoms with Gasteiger partial charge in [-0.15, -0.1) is 0 Å². The summed E-state index contributed by atoms with van der Waals surface area (Å²) in [5.74, 6) is 2.13. The number of benzene rings is 4. The third kappa shape index (κ3) is 10.1. The van der Waals surface area contributed by atoms with E-state index in [-0.39, 0.29) is 17.7 Å². The lowest BCUT2D eigenvalue weighted by atomic mass is 9.82. The smallest absolute Gasteiger partial charge is 0.306 e. The Morgan fingerprint density at radius 2 is 1.38 bits per heavy atom. The Labute approximate surface area is 352 Å². The molecule has 4 aromatic carbocycles. The lowest BCUT2D eigenvalue weighted by Crippen LogP contribution is -2.46. The van der Waals surface area contributed by atoms with Crippen LogP contribution >= 0.6 is 0 Å². The van der Waals surface area contributed by atoms with Crippen LogP contribution in [0.25, 0.3) is 0 Å². The first-order valence-electron chi connectivity index (χ1n) is 21.3. The van der Waals surface area contributed by atoms with Crippen molar-refractivity contribution in [3.63, 3.8) is 0 Å². The Morgan fingerprint density at radius 1 is 0.717 bits per heavy atom. The van der Waals surface area contributed by atoms with Crippen molar-refractivity contribution in [3.8, 4) is 17.4 Å². The topological polar surface area (TPSA) is 118 Å². The summed E-state index contributed by atoms with van der Waals surface area (Å²) >= 11 is 0. The molecule has 1 amide bonds. The van der Waals surface area contributed by atoms with E-state index in [2.05, 4.69) is 51.8 Å². The van der Waals surface area contributed by atoms with E-state index in [9.17, 15) is 14.7 Å². The number of piperazine rings is 1. The highest BCUT2D eigenvalue weighted by Crippen LogP contribution is 2.37. The van der Waals surface area contributed by atoms with Crippen LogP contribution in [0.2, 0.25) is 0 Å². The molecule has 312 valence electrons. The summed E-state index contributed by atoms with van der Waals surface area (Å²) in [5, 5.41) is 9.25. The van der Waals surface area contributed by atoms with Gasteiger partial charge in [0.1, 0.15) is 30.5 Å². The van der Waals surface area contributed by atoms with Gasteiger partial charge in [-0.2, -0.15) is 0 Å². The molecule has 1 aliphatic carbocycles. The summed E-state index contributed by atoms with van der Waals surface area (Å²) in [6, 6.07) is 30.7. The lowest BCUT2D eigenvalue weighted by Gasteiger charge is -2.35. The van der Waals surface area contributed by atoms with Gasteiger partial charge in [-0.05, 0) is 77.0 Å². The Hall–Kier alpha value is -5.94. The molecule has 2 aliphatic heterocycles. The first kappa shape index (κ1) is 40.8. The van der Waals surface area contributed by atoms with Gasteiger partial charge >= 0.3 is 5.97 Å². The number of hydrogen-bond acceptors (Lipinski definition) is 9. The average Bonchev–Trinajstić information content (AvgIpc) is 3.71. The first-order chi connectivity index (χ1) is 29.3. The van der Waals surface area contributed by atoms with Crippen molar-refractivity contribution in [2.24, 2.45) is 11.8 Å². The number of nitrogens with zero attached hydrogens (tertiary/aromatic N) is 5. The van der Waals surface area contributed by atoms with E-state index >= 15 is 0 Å². The minimum absolute atomic E-state index is 0.0500. The summed E-state index contributed by atoms with van der Waals surface area (Å²) in [5.41, 5.74) is 7.22. The van der Waals surface area contributed by atoms with Crippen LogP contribution in [0.3, 0.4) is 0 Å². The number of rotatable bonds is 15. The first-order valence-corrected chi connectivity index (χ1v) is 21.3. The molecule has 5 aromatic rings. The molecular weight excluding hydrogens is 755 g/mol. The summed E-state index contributed by atoms with van der Waals surface area (Å²) in [6.45, 7) is 11.0. The van der Waals surface area contributed by atoms with E-state index < -0.39 is 5.97 Å². The predicted octanol–water partition coefficient (Wildman–Crippen LogP) is 8.51. The summed E-state index contributed by atoms with van der Waals surface area (Å²) in [4.78, 5) is 41.5. The summed E-state index contributed by atoms with van der Waals surface area (Å²) < 4.78 is 18.8. The van der Waals surface area contributed by atoms with Gasteiger partial charge in [0.2, 0.25) is 5.88 Å². The lowest BCUT2D eigenvalue weighted by molar-refractivity contribution is -0.143. The third-order valence-corrected chi connectivity index (χ3v) is 12.1. The number of amides is 1. The zero-order valence-electron chi connectivity index (χ0n) is 34.7. The number of carboxylic acid groups (broad SMARTS) is 1. The molecule has 3 aliphatic rings. The number of fused-ring (bicyclic) bond motifs is 1. The minimum Gasteiger partial charge on any atom is -0.488 e. The maximum atomic E-state index is 14.5. The number of carbonyl (C=O) groups is 2. The molecule has 1 aromatic heterocycles. The number of aromatic nitrogens is 2. The molecule has 60 heavy (non-hydrogen) atoms. The Kier molecular flexibility index (Phi) is 12.9. The van der Waals surface area contributed by atoms with Gasteiger partial charge in [-0.1, -0.05) is 92.7 Å². The van der Waals surface area contributed by atoms with Crippen molar-refractivity contribution < 1.29 is 28.9 Å². The largest absolute Gasteiger partial charge is 0.488 e. The molecule has 11 heteroatoms. The van der Waals surface area contributed by atoms with Crippen molar-refractivity contribution in [1.82, 2.24) is 19.8 Å². The maximum absolute atomic E-state index is 14.5. The molecular formula is C49H55N5O6. The number of ether oxygens (including phenoxy) is 3. The molecule has 3 heterocycles. The van der Waals surface area contributed by atoms with Gasteiger partial charge in [-0.3, -0.25) is 14.5 Å². The van der Waals surface area contributed by atoms with E-state index in [1.165, 1.54) is 16.7 Å². The van der Waals surface area contributed by atoms with Crippen LogP contribution in [0.5, 0.6) is 17.4 Å². The number of carbonyl (C=O) groups excluding carboxylic acids is 1. The quantitative estimate of drug-likeness (QED) is 0.110. The van der Waals surface area contributed by atoms with Crippen LogP contribution in [0, 0.1) is 11.8 Å². The molecule has 2 fully saturated rings. The normalized spacial score (nSPS) is 18.0. The predicted molar refractivity (Wildman–Crippen MR) is 230 cm³/mol. The number of anilines is 1. The second-order valence-electron chi connectivity index (χ2n) is 16.7. The van der Waals surface area contributed by atoms with Gasteiger partial charge in [0.25, 0.3) is 5.91 Å². The zero-order valence-corrected chi connectivity index (χ0v) is 34.7. The highest BCUT2D eigenvalue weighted by molar-refractivity contribution is 5.98. The molecule has 0 atom stereocenters. The number of aliphatic carboxylic acids is 1. The Balaban J connectivity index is 0.873. The van der Waals surface area contributed by atoms with E-state index in [1.807, 2.05) is 77.7 Å². The molecule has 1 N–H and O–H groups in total. The molecule has 11 nitrogen and oxygen atoms in total. The molecule has 1 saturated carbocycles.